The van der Waals surface area contributed by atoms with Gasteiger partial charge in [0.2, 0.25) is 0 Å². The molecule has 0 aromatic heterocycles. The molecule has 0 aliphatic carbocycles. The van der Waals surface area contributed by atoms with Crippen molar-refractivity contribution < 1.29 is 14.7 Å². The molecule has 98 valence electrons. The number of halogens is 2. The Bertz CT molecular complexity index is 449. The van der Waals surface area contributed by atoms with Gasteiger partial charge in [0.05, 0.1) is 16.6 Å². The SMILES string of the molecule is O=C(O)CCCNCC(=O)c1ccc(Cl)c(Cl)c1. The van der Waals surface area contributed by atoms with E-state index in [-0.39, 0.29) is 18.7 Å². The van der Waals surface area contributed by atoms with Gasteiger partial charge in [-0.3, -0.25) is 9.59 Å². The first-order chi connectivity index (χ1) is 8.50. The Morgan fingerprint density at radius 2 is 1.94 bits per heavy atom. The second-order valence-electron chi connectivity index (χ2n) is 3.73. The van der Waals surface area contributed by atoms with Crippen molar-refractivity contribution in [2.24, 2.45) is 0 Å². The summed E-state index contributed by atoms with van der Waals surface area (Å²) in [6, 6.07) is 4.70. The Morgan fingerprint density at radius 3 is 2.56 bits per heavy atom. The lowest BCUT2D eigenvalue weighted by molar-refractivity contribution is -0.137. The largest absolute Gasteiger partial charge is 0.481 e. The highest BCUT2D eigenvalue weighted by molar-refractivity contribution is 6.42. The van der Waals surface area contributed by atoms with Crippen molar-refractivity contribution in [1.29, 1.82) is 0 Å². The van der Waals surface area contributed by atoms with Crippen LogP contribution in [0, 0.1) is 0 Å². The maximum atomic E-state index is 11.7. The predicted molar refractivity (Wildman–Crippen MR) is 70.5 cm³/mol. The second-order valence-corrected chi connectivity index (χ2v) is 4.54. The van der Waals surface area contributed by atoms with Gasteiger partial charge in [-0.2, -0.15) is 0 Å². The molecule has 0 fully saturated rings. The van der Waals surface area contributed by atoms with Gasteiger partial charge < -0.3 is 10.4 Å². The standard InChI is InChI=1S/C12H13Cl2NO3/c13-9-4-3-8(6-10(9)14)11(16)7-15-5-1-2-12(17)18/h3-4,6,15H,1-2,5,7H2,(H,17,18). The van der Waals surface area contributed by atoms with E-state index in [9.17, 15) is 9.59 Å². The van der Waals surface area contributed by atoms with Gasteiger partial charge in [-0.15, -0.1) is 0 Å². The molecule has 0 heterocycles. The summed E-state index contributed by atoms with van der Waals surface area (Å²) in [5.74, 6) is -0.948. The lowest BCUT2D eigenvalue weighted by atomic mass is 10.1. The zero-order valence-corrected chi connectivity index (χ0v) is 11.1. The van der Waals surface area contributed by atoms with Crippen molar-refractivity contribution in [3.63, 3.8) is 0 Å². The van der Waals surface area contributed by atoms with Crippen LogP contribution in [0.2, 0.25) is 10.0 Å². The fraction of sp³-hybridized carbons (Fsp3) is 0.333. The molecule has 0 atom stereocenters. The van der Waals surface area contributed by atoms with Gasteiger partial charge in [0, 0.05) is 12.0 Å². The summed E-state index contributed by atoms with van der Waals surface area (Å²) >= 11 is 11.6. The summed E-state index contributed by atoms with van der Waals surface area (Å²) in [7, 11) is 0. The van der Waals surface area contributed by atoms with Crippen LogP contribution in [-0.2, 0) is 4.79 Å². The number of carbonyl (C=O) groups is 2. The molecule has 1 rings (SSSR count). The third-order valence-electron chi connectivity index (χ3n) is 2.27. The third-order valence-corrected chi connectivity index (χ3v) is 3.01. The quantitative estimate of drug-likeness (QED) is 0.598. The van der Waals surface area contributed by atoms with Crippen molar-refractivity contribution in [2.45, 2.75) is 12.8 Å². The van der Waals surface area contributed by atoms with Gasteiger partial charge in [-0.1, -0.05) is 23.2 Å². The number of Topliss-reactive ketones (excluding diaryl/α,β-unsaturated/α-hetero) is 1. The number of carboxylic acids is 1. The van der Waals surface area contributed by atoms with E-state index in [0.29, 0.717) is 28.6 Å². The van der Waals surface area contributed by atoms with Gasteiger partial charge in [0.1, 0.15) is 0 Å². The van der Waals surface area contributed by atoms with E-state index in [1.165, 1.54) is 6.07 Å². The van der Waals surface area contributed by atoms with E-state index in [2.05, 4.69) is 5.32 Å². The molecule has 1 aromatic carbocycles. The fourth-order valence-corrected chi connectivity index (χ4v) is 1.64. The summed E-state index contributed by atoms with van der Waals surface area (Å²) in [6.07, 6.45) is 0.581. The minimum atomic E-state index is -0.840. The van der Waals surface area contributed by atoms with Crippen LogP contribution in [-0.4, -0.2) is 29.9 Å². The smallest absolute Gasteiger partial charge is 0.303 e. The van der Waals surface area contributed by atoms with E-state index < -0.39 is 5.97 Å². The first-order valence-corrected chi connectivity index (χ1v) is 6.17. The van der Waals surface area contributed by atoms with E-state index in [4.69, 9.17) is 28.3 Å². The summed E-state index contributed by atoms with van der Waals surface area (Å²) in [4.78, 5) is 22.0. The zero-order valence-electron chi connectivity index (χ0n) is 9.58. The molecule has 4 nitrogen and oxygen atoms in total. The van der Waals surface area contributed by atoms with Crippen LogP contribution in [0.15, 0.2) is 18.2 Å². The summed E-state index contributed by atoms with van der Waals surface area (Å²) < 4.78 is 0. The van der Waals surface area contributed by atoms with Crippen molar-refractivity contribution in [2.75, 3.05) is 13.1 Å². The normalized spacial score (nSPS) is 10.3. The molecular formula is C12H13Cl2NO3. The molecule has 0 amide bonds. The molecule has 0 aliphatic rings. The molecule has 0 saturated heterocycles. The molecule has 0 radical (unpaired) electrons. The number of hydrogen-bond donors (Lipinski definition) is 2. The Labute approximate surface area is 115 Å². The van der Waals surface area contributed by atoms with Crippen molar-refractivity contribution in [1.82, 2.24) is 5.32 Å². The molecule has 0 bridgehead atoms. The maximum absolute atomic E-state index is 11.7. The lowest BCUT2D eigenvalue weighted by Gasteiger charge is -2.04. The fourth-order valence-electron chi connectivity index (χ4n) is 1.34. The summed E-state index contributed by atoms with van der Waals surface area (Å²) in [6.45, 7) is 0.636. The highest BCUT2D eigenvalue weighted by Crippen LogP contribution is 2.22. The lowest BCUT2D eigenvalue weighted by Crippen LogP contribution is -2.24. The minimum Gasteiger partial charge on any atom is -0.481 e. The Morgan fingerprint density at radius 1 is 1.22 bits per heavy atom. The van der Waals surface area contributed by atoms with E-state index in [1.54, 1.807) is 12.1 Å². The summed E-state index contributed by atoms with van der Waals surface area (Å²) in [5, 5.41) is 12.1. The van der Waals surface area contributed by atoms with Crippen molar-refractivity contribution >= 4 is 35.0 Å². The highest BCUT2D eigenvalue weighted by atomic mass is 35.5. The monoisotopic (exact) mass is 289 g/mol. The molecule has 0 spiro atoms. The van der Waals surface area contributed by atoms with E-state index in [0.717, 1.165) is 0 Å². The number of carboxylic acid groups (broad SMARTS) is 1. The molecule has 1 aromatic rings. The van der Waals surface area contributed by atoms with Gasteiger partial charge >= 0.3 is 5.97 Å². The second kappa shape index (κ2) is 7.36. The molecule has 2 N–H and O–H groups in total. The topological polar surface area (TPSA) is 66.4 Å². The van der Waals surface area contributed by atoms with E-state index in [1.807, 2.05) is 0 Å². The minimum absolute atomic E-state index is 0.0912. The third kappa shape index (κ3) is 5.04. The number of carbonyl (C=O) groups excluding carboxylic acids is 1. The first-order valence-electron chi connectivity index (χ1n) is 5.41. The Balaban J connectivity index is 2.36. The van der Waals surface area contributed by atoms with Gasteiger partial charge in [-0.25, -0.2) is 0 Å². The average Bonchev–Trinajstić information content (AvgIpc) is 2.31. The van der Waals surface area contributed by atoms with Crippen LogP contribution < -0.4 is 5.32 Å². The number of benzene rings is 1. The molecule has 0 aliphatic heterocycles. The molecule has 18 heavy (non-hydrogen) atoms. The summed E-state index contributed by atoms with van der Waals surface area (Å²) in [5.41, 5.74) is 0.482. The number of aliphatic carboxylic acids is 1. The van der Waals surface area contributed by atoms with Gasteiger partial charge in [0.15, 0.2) is 5.78 Å². The van der Waals surface area contributed by atoms with Crippen molar-refractivity contribution in [3.05, 3.63) is 33.8 Å². The number of hydrogen-bond acceptors (Lipinski definition) is 3. The van der Waals surface area contributed by atoms with Crippen LogP contribution in [0.4, 0.5) is 0 Å². The van der Waals surface area contributed by atoms with Crippen LogP contribution in [0.3, 0.4) is 0 Å². The number of ketones is 1. The number of rotatable bonds is 7. The van der Waals surface area contributed by atoms with E-state index >= 15 is 0 Å². The van der Waals surface area contributed by atoms with Gasteiger partial charge in [-0.05, 0) is 31.2 Å². The molecule has 0 saturated carbocycles. The van der Waals surface area contributed by atoms with Crippen LogP contribution in [0.5, 0.6) is 0 Å². The zero-order chi connectivity index (χ0) is 13.5. The van der Waals surface area contributed by atoms with Crippen LogP contribution in [0.1, 0.15) is 23.2 Å². The Kier molecular flexibility index (Phi) is 6.12. The highest BCUT2D eigenvalue weighted by Gasteiger charge is 2.07. The van der Waals surface area contributed by atoms with Crippen LogP contribution in [0.25, 0.3) is 0 Å². The Hall–Kier alpha value is -1.10. The predicted octanol–water partition coefficient (Wildman–Crippen LogP) is 2.63. The maximum Gasteiger partial charge on any atom is 0.303 e. The van der Waals surface area contributed by atoms with Crippen LogP contribution >= 0.6 is 23.2 Å². The molecule has 0 unspecified atom stereocenters. The molecule has 6 heteroatoms. The average molecular weight is 290 g/mol. The van der Waals surface area contributed by atoms with Crippen molar-refractivity contribution in [3.8, 4) is 0 Å². The van der Waals surface area contributed by atoms with Gasteiger partial charge in [0.25, 0.3) is 0 Å². The first kappa shape index (κ1) is 15.0. The number of nitrogens with one attached hydrogen (secondary N) is 1. The molecular weight excluding hydrogens is 277 g/mol.